The lowest BCUT2D eigenvalue weighted by Gasteiger charge is -2.08. The minimum absolute atomic E-state index is 0.0309. The highest BCUT2D eigenvalue weighted by Gasteiger charge is 2.12. The molecule has 3 aromatic heterocycles. The third kappa shape index (κ3) is 3.04. The zero-order valence-corrected chi connectivity index (χ0v) is 14.5. The normalized spacial score (nSPS) is 11.2. The van der Waals surface area contributed by atoms with Crippen molar-refractivity contribution in [2.24, 2.45) is 0 Å². The van der Waals surface area contributed by atoms with E-state index >= 15 is 0 Å². The van der Waals surface area contributed by atoms with Crippen molar-refractivity contribution in [3.05, 3.63) is 66.2 Å². The zero-order valence-electron chi connectivity index (χ0n) is 14.5. The summed E-state index contributed by atoms with van der Waals surface area (Å²) in [4.78, 5) is 8.53. The van der Waals surface area contributed by atoms with Gasteiger partial charge in [0.2, 0.25) is 5.78 Å². The maximum atomic E-state index is 9.36. The third-order valence-electron chi connectivity index (χ3n) is 4.33. The van der Waals surface area contributed by atoms with Gasteiger partial charge < -0.3 is 10.4 Å². The van der Waals surface area contributed by atoms with Gasteiger partial charge in [-0.1, -0.05) is 24.3 Å². The van der Waals surface area contributed by atoms with Gasteiger partial charge in [-0.05, 0) is 18.6 Å². The van der Waals surface area contributed by atoms with E-state index in [1.807, 2.05) is 41.1 Å². The Labute approximate surface area is 151 Å². The first-order chi connectivity index (χ1) is 12.8. The number of hydrogen-bond acceptors (Lipinski definition) is 5. The zero-order chi connectivity index (χ0) is 17.9. The van der Waals surface area contributed by atoms with E-state index in [0.717, 1.165) is 22.8 Å². The molecule has 0 aliphatic rings. The van der Waals surface area contributed by atoms with Crippen molar-refractivity contribution in [2.75, 3.05) is 11.9 Å². The monoisotopic (exact) mass is 348 g/mol. The lowest BCUT2D eigenvalue weighted by atomic mass is 10.1. The van der Waals surface area contributed by atoms with Crippen LogP contribution in [-0.4, -0.2) is 35.9 Å². The van der Waals surface area contributed by atoms with Gasteiger partial charge in [0.1, 0.15) is 5.82 Å². The fourth-order valence-corrected chi connectivity index (χ4v) is 3.01. The number of aromatic nitrogens is 5. The molecule has 0 spiro atoms. The maximum Gasteiger partial charge on any atom is 0.233 e. The van der Waals surface area contributed by atoms with E-state index in [1.54, 1.807) is 10.9 Å². The Morgan fingerprint density at radius 1 is 1.15 bits per heavy atom. The molecule has 0 aliphatic carbocycles. The van der Waals surface area contributed by atoms with Crippen LogP contribution in [0.4, 0.5) is 5.82 Å². The molecule has 26 heavy (non-hydrogen) atoms. The van der Waals surface area contributed by atoms with Gasteiger partial charge in [0.05, 0.1) is 37.3 Å². The number of fused-ring (bicyclic) bond motifs is 1. The van der Waals surface area contributed by atoms with Crippen LogP contribution in [0.3, 0.4) is 0 Å². The smallest absolute Gasteiger partial charge is 0.233 e. The minimum Gasteiger partial charge on any atom is -0.394 e. The predicted molar refractivity (Wildman–Crippen MR) is 99.8 cm³/mol. The van der Waals surface area contributed by atoms with Crippen molar-refractivity contribution in [3.63, 3.8) is 0 Å². The first-order valence-corrected chi connectivity index (χ1v) is 8.52. The second kappa shape index (κ2) is 6.97. The highest BCUT2D eigenvalue weighted by molar-refractivity contribution is 5.66. The van der Waals surface area contributed by atoms with Crippen LogP contribution in [0.15, 0.2) is 55.0 Å². The summed E-state index contributed by atoms with van der Waals surface area (Å²) in [7, 11) is 0. The van der Waals surface area contributed by atoms with E-state index in [2.05, 4.69) is 39.4 Å². The van der Waals surface area contributed by atoms with Crippen LogP contribution in [0, 0.1) is 6.92 Å². The molecule has 0 saturated carbocycles. The summed E-state index contributed by atoms with van der Waals surface area (Å²) >= 11 is 0. The van der Waals surface area contributed by atoms with Crippen LogP contribution < -0.4 is 5.32 Å². The summed E-state index contributed by atoms with van der Waals surface area (Å²) < 4.78 is 3.74. The second-order valence-corrected chi connectivity index (χ2v) is 6.07. The Bertz CT molecular complexity index is 1040. The number of aliphatic hydroxyl groups excluding tert-OH is 1. The van der Waals surface area contributed by atoms with Crippen LogP contribution in [0.5, 0.6) is 0 Å². The number of nitrogens with one attached hydrogen (secondary N) is 1. The van der Waals surface area contributed by atoms with Gasteiger partial charge in [0.15, 0.2) is 0 Å². The Hall–Kier alpha value is -3.19. The molecule has 4 aromatic rings. The molecule has 2 N–H and O–H groups in total. The van der Waals surface area contributed by atoms with Crippen LogP contribution in [-0.2, 0) is 13.1 Å². The Balaban J connectivity index is 1.62. The summed E-state index contributed by atoms with van der Waals surface area (Å²) in [5.41, 5.74) is 4.15. The van der Waals surface area contributed by atoms with Crippen LogP contribution in [0.2, 0.25) is 0 Å². The van der Waals surface area contributed by atoms with Crippen molar-refractivity contribution >= 4 is 11.6 Å². The molecule has 0 atom stereocenters. The quantitative estimate of drug-likeness (QED) is 0.560. The van der Waals surface area contributed by atoms with Crippen molar-refractivity contribution in [2.45, 2.75) is 20.0 Å². The highest BCUT2D eigenvalue weighted by Crippen LogP contribution is 2.25. The molecule has 0 unspecified atom stereocenters. The van der Waals surface area contributed by atoms with Crippen LogP contribution >= 0.6 is 0 Å². The van der Waals surface area contributed by atoms with Gasteiger partial charge >= 0.3 is 0 Å². The number of nitrogens with zero attached hydrogens (tertiary/aromatic N) is 5. The summed E-state index contributed by atoms with van der Waals surface area (Å²) in [6.07, 6.45) is 5.48. The van der Waals surface area contributed by atoms with E-state index in [4.69, 9.17) is 0 Å². The standard InChI is InChI=1S/C19H20N6O/c1-14-5-2-3-6-16(14)17-11-18(25(23-17)9-10-26)21-12-15-13-22-19-20-7-4-8-24(15)19/h2-8,11,13,21,26H,9-10,12H2,1H3. The van der Waals surface area contributed by atoms with Crippen LogP contribution in [0.25, 0.3) is 17.0 Å². The number of aryl methyl sites for hydroxylation is 1. The number of anilines is 1. The van der Waals surface area contributed by atoms with Crippen molar-refractivity contribution in [1.82, 2.24) is 24.1 Å². The molecule has 0 radical (unpaired) electrons. The van der Waals surface area contributed by atoms with E-state index in [1.165, 1.54) is 5.56 Å². The maximum absolute atomic E-state index is 9.36. The molecule has 7 nitrogen and oxygen atoms in total. The van der Waals surface area contributed by atoms with Gasteiger partial charge in [0, 0.05) is 24.0 Å². The van der Waals surface area contributed by atoms with Gasteiger partial charge in [-0.15, -0.1) is 0 Å². The first-order valence-electron chi connectivity index (χ1n) is 8.52. The fourth-order valence-electron chi connectivity index (χ4n) is 3.01. The van der Waals surface area contributed by atoms with E-state index in [9.17, 15) is 5.11 Å². The number of hydrogen-bond donors (Lipinski definition) is 2. The first kappa shape index (κ1) is 16.3. The fraction of sp³-hybridized carbons (Fsp3) is 0.211. The molecule has 0 aliphatic heterocycles. The third-order valence-corrected chi connectivity index (χ3v) is 4.33. The summed E-state index contributed by atoms with van der Waals surface area (Å²) in [5.74, 6) is 1.53. The molecular formula is C19H20N6O. The Morgan fingerprint density at radius 2 is 2.04 bits per heavy atom. The van der Waals surface area contributed by atoms with Gasteiger partial charge in [-0.3, -0.25) is 4.40 Å². The summed E-state index contributed by atoms with van der Waals surface area (Å²) in [5, 5.41) is 17.4. The van der Waals surface area contributed by atoms with Crippen molar-refractivity contribution < 1.29 is 5.11 Å². The summed E-state index contributed by atoms with van der Waals surface area (Å²) in [6.45, 7) is 3.11. The van der Waals surface area contributed by atoms with Gasteiger partial charge in [-0.25, -0.2) is 14.6 Å². The van der Waals surface area contributed by atoms with Crippen molar-refractivity contribution in [1.29, 1.82) is 0 Å². The lowest BCUT2D eigenvalue weighted by molar-refractivity contribution is 0.270. The molecule has 0 bridgehead atoms. The number of imidazole rings is 1. The van der Waals surface area contributed by atoms with E-state index in [0.29, 0.717) is 18.9 Å². The lowest BCUT2D eigenvalue weighted by Crippen LogP contribution is -2.11. The van der Waals surface area contributed by atoms with E-state index in [-0.39, 0.29) is 6.61 Å². The van der Waals surface area contributed by atoms with E-state index < -0.39 is 0 Å². The molecular weight excluding hydrogens is 328 g/mol. The summed E-state index contributed by atoms with van der Waals surface area (Å²) in [6, 6.07) is 12.0. The Morgan fingerprint density at radius 3 is 2.88 bits per heavy atom. The molecule has 1 aromatic carbocycles. The van der Waals surface area contributed by atoms with Gasteiger partial charge in [-0.2, -0.15) is 5.10 Å². The van der Waals surface area contributed by atoms with Crippen molar-refractivity contribution in [3.8, 4) is 11.3 Å². The number of rotatable bonds is 6. The predicted octanol–water partition coefficient (Wildman–Crippen LogP) is 2.51. The SMILES string of the molecule is Cc1ccccc1-c1cc(NCc2cnc3ncccn23)n(CCO)n1. The average molecular weight is 348 g/mol. The largest absolute Gasteiger partial charge is 0.394 e. The molecule has 132 valence electrons. The number of aliphatic hydroxyl groups is 1. The second-order valence-electron chi connectivity index (χ2n) is 6.07. The minimum atomic E-state index is 0.0309. The Kier molecular flexibility index (Phi) is 4.37. The van der Waals surface area contributed by atoms with Gasteiger partial charge in [0.25, 0.3) is 0 Å². The average Bonchev–Trinajstić information content (AvgIpc) is 3.25. The molecule has 3 heterocycles. The topological polar surface area (TPSA) is 80.3 Å². The molecule has 0 amide bonds. The molecule has 0 saturated heterocycles. The highest BCUT2D eigenvalue weighted by atomic mass is 16.3. The van der Waals surface area contributed by atoms with Crippen LogP contribution in [0.1, 0.15) is 11.3 Å². The molecule has 7 heteroatoms. The number of benzene rings is 1. The molecule has 4 rings (SSSR count). The molecule has 0 fully saturated rings.